The first-order valence-electron chi connectivity index (χ1n) is 6.68. The zero-order chi connectivity index (χ0) is 13.5. The molecule has 1 unspecified atom stereocenters. The fourth-order valence-corrected chi connectivity index (χ4v) is 2.07. The van der Waals surface area contributed by atoms with Gasteiger partial charge in [-0.2, -0.15) is 0 Å². The van der Waals surface area contributed by atoms with Gasteiger partial charge in [-0.1, -0.05) is 44.9 Å². The van der Waals surface area contributed by atoms with Crippen LogP contribution in [0.25, 0.3) is 0 Å². The monoisotopic (exact) mass is 249 g/mol. The van der Waals surface area contributed by atoms with Crippen LogP contribution in [0.1, 0.15) is 44.2 Å². The molecule has 100 valence electrons. The van der Waals surface area contributed by atoms with E-state index in [4.69, 9.17) is 0 Å². The fourth-order valence-electron chi connectivity index (χ4n) is 2.07. The Labute approximate surface area is 109 Å². The maximum Gasteiger partial charge on any atom is 0.326 e. The molecule has 0 fully saturated rings. The topological polar surface area (TPSA) is 49.3 Å². The molecule has 0 aliphatic rings. The van der Waals surface area contributed by atoms with E-state index in [1.165, 1.54) is 5.56 Å². The van der Waals surface area contributed by atoms with E-state index in [-0.39, 0.29) is 0 Å². The number of hydrogen-bond acceptors (Lipinski definition) is 2. The zero-order valence-corrected chi connectivity index (χ0v) is 11.5. The zero-order valence-electron chi connectivity index (χ0n) is 11.5. The highest BCUT2D eigenvalue weighted by Crippen LogP contribution is 2.23. The summed E-state index contributed by atoms with van der Waals surface area (Å²) in [5.41, 5.74) is 3.28. The van der Waals surface area contributed by atoms with Gasteiger partial charge in [0.05, 0.1) is 0 Å². The number of anilines is 1. The van der Waals surface area contributed by atoms with E-state index in [9.17, 15) is 9.90 Å². The van der Waals surface area contributed by atoms with Crippen molar-refractivity contribution in [2.75, 3.05) is 5.32 Å². The molecule has 3 heteroatoms. The Morgan fingerprint density at radius 2 is 2.11 bits per heavy atom. The van der Waals surface area contributed by atoms with Crippen molar-refractivity contribution in [1.29, 1.82) is 0 Å². The molecule has 0 aromatic heterocycles. The first-order chi connectivity index (χ1) is 8.60. The van der Waals surface area contributed by atoms with E-state index in [1.54, 1.807) is 0 Å². The number of unbranched alkanes of at least 4 members (excludes halogenated alkanes) is 1. The van der Waals surface area contributed by atoms with Crippen LogP contribution in [0.2, 0.25) is 0 Å². The molecule has 0 aliphatic carbocycles. The normalized spacial score (nSPS) is 12.2. The molecular weight excluding hydrogens is 226 g/mol. The van der Waals surface area contributed by atoms with Gasteiger partial charge in [0.1, 0.15) is 6.04 Å². The highest BCUT2D eigenvalue weighted by atomic mass is 16.4. The van der Waals surface area contributed by atoms with Gasteiger partial charge in [-0.15, -0.1) is 0 Å². The van der Waals surface area contributed by atoms with Crippen LogP contribution in [-0.4, -0.2) is 17.1 Å². The van der Waals surface area contributed by atoms with Crippen LogP contribution >= 0.6 is 0 Å². The minimum atomic E-state index is -0.770. The summed E-state index contributed by atoms with van der Waals surface area (Å²) in [6.45, 7) is 6.17. The Bertz CT molecular complexity index is 401. The van der Waals surface area contributed by atoms with E-state index in [0.29, 0.717) is 6.42 Å². The van der Waals surface area contributed by atoms with Gasteiger partial charge in [-0.25, -0.2) is 4.79 Å². The van der Waals surface area contributed by atoms with Crippen molar-refractivity contribution in [2.45, 2.75) is 52.5 Å². The Morgan fingerprint density at radius 1 is 1.39 bits per heavy atom. The van der Waals surface area contributed by atoms with Gasteiger partial charge >= 0.3 is 5.97 Å². The molecule has 1 rings (SSSR count). The lowest BCUT2D eigenvalue weighted by atomic mass is 10.0. The number of nitrogens with one attached hydrogen (secondary N) is 1. The number of para-hydroxylation sites is 1. The Kier molecular flexibility index (Phi) is 5.69. The van der Waals surface area contributed by atoms with Crippen molar-refractivity contribution in [3.8, 4) is 0 Å². The second-order valence-corrected chi connectivity index (χ2v) is 4.64. The van der Waals surface area contributed by atoms with Crippen LogP contribution in [0.15, 0.2) is 18.2 Å². The number of rotatable bonds is 7. The molecule has 0 radical (unpaired) electrons. The standard InChI is InChI=1S/C15H23NO2/c1-4-6-10-13(15(17)18)16-14-11(3)8-7-9-12(14)5-2/h7-9,13,16H,4-6,10H2,1-3H3,(H,17,18). The Hall–Kier alpha value is -1.51. The molecule has 1 aromatic carbocycles. The van der Waals surface area contributed by atoms with Crippen LogP contribution < -0.4 is 5.32 Å². The third-order valence-corrected chi connectivity index (χ3v) is 3.20. The molecule has 2 N–H and O–H groups in total. The molecule has 1 aromatic rings. The fraction of sp³-hybridized carbons (Fsp3) is 0.533. The molecule has 3 nitrogen and oxygen atoms in total. The molecular formula is C15H23NO2. The van der Waals surface area contributed by atoms with Crippen molar-refractivity contribution in [3.05, 3.63) is 29.3 Å². The second-order valence-electron chi connectivity index (χ2n) is 4.64. The van der Waals surface area contributed by atoms with Gasteiger partial charge < -0.3 is 10.4 Å². The Morgan fingerprint density at radius 3 is 2.67 bits per heavy atom. The maximum atomic E-state index is 11.3. The van der Waals surface area contributed by atoms with Crippen molar-refractivity contribution in [3.63, 3.8) is 0 Å². The molecule has 0 amide bonds. The van der Waals surface area contributed by atoms with Crippen LogP contribution in [0.4, 0.5) is 5.69 Å². The summed E-state index contributed by atoms with van der Waals surface area (Å²) in [6.07, 6.45) is 3.52. The number of benzene rings is 1. The van der Waals surface area contributed by atoms with Gasteiger partial charge in [-0.05, 0) is 30.9 Å². The van der Waals surface area contributed by atoms with E-state index in [0.717, 1.165) is 30.5 Å². The van der Waals surface area contributed by atoms with Crippen molar-refractivity contribution < 1.29 is 9.90 Å². The molecule has 0 heterocycles. The summed E-state index contributed by atoms with van der Waals surface area (Å²) in [5, 5.41) is 12.5. The summed E-state index contributed by atoms with van der Waals surface area (Å²) in [5.74, 6) is -0.770. The van der Waals surface area contributed by atoms with E-state index < -0.39 is 12.0 Å². The number of aryl methyl sites for hydroxylation is 2. The smallest absolute Gasteiger partial charge is 0.326 e. The summed E-state index contributed by atoms with van der Waals surface area (Å²) in [6, 6.07) is 5.59. The van der Waals surface area contributed by atoms with Crippen molar-refractivity contribution in [2.24, 2.45) is 0 Å². The van der Waals surface area contributed by atoms with Gasteiger partial charge in [0.15, 0.2) is 0 Å². The summed E-state index contributed by atoms with van der Waals surface area (Å²) < 4.78 is 0. The van der Waals surface area contributed by atoms with Gasteiger partial charge in [0, 0.05) is 5.69 Å². The predicted molar refractivity (Wildman–Crippen MR) is 75.1 cm³/mol. The average Bonchev–Trinajstić information content (AvgIpc) is 2.35. The quantitative estimate of drug-likeness (QED) is 0.776. The number of aliphatic carboxylic acids is 1. The van der Waals surface area contributed by atoms with Crippen LogP contribution in [0.5, 0.6) is 0 Å². The largest absolute Gasteiger partial charge is 0.480 e. The Balaban J connectivity index is 2.89. The predicted octanol–water partition coefficient (Wildman–Crippen LogP) is 3.61. The van der Waals surface area contributed by atoms with E-state index in [1.807, 2.05) is 25.1 Å². The third-order valence-electron chi connectivity index (χ3n) is 3.20. The van der Waals surface area contributed by atoms with Crippen molar-refractivity contribution >= 4 is 11.7 Å². The number of carboxylic acid groups (broad SMARTS) is 1. The lowest BCUT2D eigenvalue weighted by Gasteiger charge is -2.19. The minimum absolute atomic E-state index is 0.489. The number of hydrogen-bond donors (Lipinski definition) is 2. The molecule has 0 aliphatic heterocycles. The number of carbonyl (C=O) groups is 1. The second kappa shape index (κ2) is 7.04. The molecule has 0 spiro atoms. The van der Waals surface area contributed by atoms with E-state index >= 15 is 0 Å². The lowest BCUT2D eigenvalue weighted by Crippen LogP contribution is -2.30. The SMILES string of the molecule is CCCCC(Nc1c(C)cccc1CC)C(=O)O. The minimum Gasteiger partial charge on any atom is -0.480 e. The highest BCUT2D eigenvalue weighted by molar-refractivity contribution is 5.78. The molecule has 0 saturated heterocycles. The van der Waals surface area contributed by atoms with E-state index in [2.05, 4.69) is 19.2 Å². The maximum absolute atomic E-state index is 11.3. The van der Waals surface area contributed by atoms with Crippen molar-refractivity contribution in [1.82, 2.24) is 0 Å². The summed E-state index contributed by atoms with van der Waals surface area (Å²) in [7, 11) is 0. The van der Waals surface area contributed by atoms with Crippen LogP contribution in [0, 0.1) is 6.92 Å². The lowest BCUT2D eigenvalue weighted by molar-refractivity contribution is -0.138. The molecule has 18 heavy (non-hydrogen) atoms. The molecule has 1 atom stereocenters. The first kappa shape index (κ1) is 14.6. The van der Waals surface area contributed by atoms with Crippen LogP contribution in [-0.2, 0) is 11.2 Å². The summed E-state index contributed by atoms with van der Waals surface area (Å²) >= 11 is 0. The number of carboxylic acids is 1. The van der Waals surface area contributed by atoms with Gasteiger partial charge in [-0.3, -0.25) is 0 Å². The first-order valence-corrected chi connectivity index (χ1v) is 6.68. The third kappa shape index (κ3) is 3.76. The highest BCUT2D eigenvalue weighted by Gasteiger charge is 2.18. The van der Waals surface area contributed by atoms with Gasteiger partial charge in [0.25, 0.3) is 0 Å². The molecule has 0 saturated carbocycles. The summed E-state index contributed by atoms with van der Waals surface area (Å²) in [4.78, 5) is 11.3. The molecule has 0 bridgehead atoms. The van der Waals surface area contributed by atoms with Crippen LogP contribution in [0.3, 0.4) is 0 Å². The average molecular weight is 249 g/mol. The van der Waals surface area contributed by atoms with Gasteiger partial charge in [0.2, 0.25) is 0 Å².